The first-order chi connectivity index (χ1) is 18.6. The van der Waals surface area contributed by atoms with E-state index in [0.29, 0.717) is 18.7 Å². The Hall–Kier alpha value is -3.72. The van der Waals surface area contributed by atoms with Gasteiger partial charge < -0.3 is 10.2 Å². The van der Waals surface area contributed by atoms with Gasteiger partial charge in [0.05, 0.1) is 11.9 Å². The van der Waals surface area contributed by atoms with Gasteiger partial charge in [-0.1, -0.05) is 54.6 Å². The first-order valence-corrected chi connectivity index (χ1v) is 14.8. The predicted octanol–water partition coefficient (Wildman–Crippen LogP) is 4.46. The molecule has 1 N–H and O–H groups in total. The van der Waals surface area contributed by atoms with Crippen LogP contribution in [0.3, 0.4) is 0 Å². The number of aryl methyl sites for hydroxylation is 1. The smallest absolute Gasteiger partial charge is 0.243 e. The minimum Gasteiger partial charge on any atom is -0.355 e. The SMILES string of the molecule is CCNC(=O)C(Cc1ccccc1)N(Cc1ccccc1C)C(=O)CCCN(c1ccc(F)cc1)S(C)(=O)=O. The fraction of sp³-hybridized carbons (Fsp3) is 0.333. The lowest BCUT2D eigenvalue weighted by Crippen LogP contribution is -2.50. The summed E-state index contributed by atoms with van der Waals surface area (Å²) >= 11 is 0. The number of nitrogens with zero attached hydrogens (tertiary/aromatic N) is 2. The van der Waals surface area contributed by atoms with Crippen molar-refractivity contribution in [2.75, 3.05) is 23.7 Å². The van der Waals surface area contributed by atoms with Gasteiger partial charge in [0.2, 0.25) is 21.8 Å². The summed E-state index contributed by atoms with van der Waals surface area (Å²) in [5.41, 5.74) is 3.18. The van der Waals surface area contributed by atoms with Crippen LogP contribution in [0.4, 0.5) is 10.1 Å². The van der Waals surface area contributed by atoms with Gasteiger partial charge in [-0.05, 0) is 61.2 Å². The molecule has 0 aliphatic carbocycles. The average molecular weight is 554 g/mol. The van der Waals surface area contributed by atoms with E-state index < -0.39 is 21.9 Å². The van der Waals surface area contributed by atoms with Crippen LogP contribution >= 0.6 is 0 Å². The Kier molecular flexibility index (Phi) is 10.6. The van der Waals surface area contributed by atoms with E-state index in [1.54, 1.807) is 4.90 Å². The number of nitrogens with one attached hydrogen (secondary N) is 1. The van der Waals surface area contributed by atoms with Gasteiger partial charge in [-0.25, -0.2) is 12.8 Å². The molecule has 0 spiro atoms. The molecule has 39 heavy (non-hydrogen) atoms. The summed E-state index contributed by atoms with van der Waals surface area (Å²) in [7, 11) is -3.66. The number of carbonyl (C=O) groups excluding carboxylic acids is 2. The molecule has 208 valence electrons. The molecule has 2 amide bonds. The minimum atomic E-state index is -3.66. The fourth-order valence-electron chi connectivity index (χ4n) is 4.43. The van der Waals surface area contributed by atoms with Crippen LogP contribution < -0.4 is 9.62 Å². The molecule has 0 aromatic heterocycles. The highest BCUT2D eigenvalue weighted by Crippen LogP contribution is 2.21. The van der Waals surface area contributed by atoms with Crippen molar-refractivity contribution in [2.45, 2.75) is 45.7 Å². The topological polar surface area (TPSA) is 86.8 Å². The zero-order chi connectivity index (χ0) is 28.4. The van der Waals surface area contributed by atoms with Crippen LogP contribution in [-0.4, -0.2) is 50.5 Å². The number of carbonyl (C=O) groups is 2. The van der Waals surface area contributed by atoms with Crippen LogP contribution in [0.5, 0.6) is 0 Å². The molecule has 0 saturated heterocycles. The van der Waals surface area contributed by atoms with Gasteiger partial charge in [-0.3, -0.25) is 13.9 Å². The Morgan fingerprint density at radius 2 is 1.59 bits per heavy atom. The van der Waals surface area contributed by atoms with Crippen LogP contribution in [0.1, 0.15) is 36.5 Å². The van der Waals surface area contributed by atoms with Gasteiger partial charge in [0.1, 0.15) is 11.9 Å². The number of benzene rings is 3. The van der Waals surface area contributed by atoms with Crippen LogP contribution in [0.15, 0.2) is 78.9 Å². The molecule has 0 aliphatic heterocycles. The van der Waals surface area contributed by atoms with E-state index in [2.05, 4.69) is 5.32 Å². The minimum absolute atomic E-state index is 0.0315. The maximum atomic E-state index is 13.7. The van der Waals surface area contributed by atoms with E-state index >= 15 is 0 Å². The van der Waals surface area contributed by atoms with E-state index in [1.807, 2.05) is 68.4 Å². The van der Waals surface area contributed by atoms with Crippen molar-refractivity contribution < 1.29 is 22.4 Å². The zero-order valence-corrected chi connectivity index (χ0v) is 23.5. The summed E-state index contributed by atoms with van der Waals surface area (Å²) in [5, 5.41) is 2.87. The third kappa shape index (κ3) is 8.64. The van der Waals surface area contributed by atoms with Crippen molar-refractivity contribution in [1.82, 2.24) is 10.2 Å². The number of halogens is 1. The standard InChI is InChI=1S/C30H36FN3O4S/c1-4-32-30(36)28(21-24-12-6-5-7-13-24)33(22-25-14-9-8-11-23(25)2)29(35)15-10-20-34(39(3,37)38)27-18-16-26(31)17-19-27/h5-9,11-14,16-19,28H,4,10,15,20-22H2,1-3H3,(H,32,36). The highest BCUT2D eigenvalue weighted by atomic mass is 32.2. The number of anilines is 1. The number of amides is 2. The van der Waals surface area contributed by atoms with E-state index in [9.17, 15) is 22.4 Å². The lowest BCUT2D eigenvalue weighted by molar-refractivity contribution is -0.141. The summed E-state index contributed by atoms with van der Waals surface area (Å²) < 4.78 is 39.5. The summed E-state index contributed by atoms with van der Waals surface area (Å²) in [5.74, 6) is -0.964. The molecule has 0 radical (unpaired) electrons. The summed E-state index contributed by atoms with van der Waals surface area (Å²) in [6, 6.07) is 21.7. The molecule has 3 aromatic carbocycles. The summed E-state index contributed by atoms with van der Waals surface area (Å²) in [4.78, 5) is 28.6. The third-order valence-corrected chi connectivity index (χ3v) is 7.68. The number of rotatable bonds is 13. The Morgan fingerprint density at radius 1 is 0.949 bits per heavy atom. The molecule has 1 unspecified atom stereocenters. The molecule has 0 heterocycles. The highest BCUT2D eigenvalue weighted by Gasteiger charge is 2.30. The molecule has 7 nitrogen and oxygen atoms in total. The van der Waals surface area contributed by atoms with Gasteiger partial charge in [0, 0.05) is 32.5 Å². The van der Waals surface area contributed by atoms with Crippen molar-refractivity contribution in [3.05, 3.63) is 101 Å². The van der Waals surface area contributed by atoms with Crippen molar-refractivity contribution in [3.8, 4) is 0 Å². The van der Waals surface area contributed by atoms with Crippen molar-refractivity contribution >= 4 is 27.5 Å². The fourth-order valence-corrected chi connectivity index (χ4v) is 5.39. The molecule has 0 bridgehead atoms. The van der Waals surface area contributed by atoms with Gasteiger partial charge in [-0.2, -0.15) is 0 Å². The molecule has 3 aromatic rings. The molecule has 0 saturated carbocycles. The van der Waals surface area contributed by atoms with Gasteiger partial charge in [0.15, 0.2) is 0 Å². The number of hydrogen-bond donors (Lipinski definition) is 1. The van der Waals surface area contributed by atoms with Crippen LogP contribution in [-0.2, 0) is 32.6 Å². The molecular weight excluding hydrogens is 517 g/mol. The Bertz CT molecular complexity index is 1350. The molecular formula is C30H36FN3O4S. The van der Waals surface area contributed by atoms with Gasteiger partial charge in [-0.15, -0.1) is 0 Å². The van der Waals surface area contributed by atoms with Crippen LogP contribution in [0.2, 0.25) is 0 Å². The maximum Gasteiger partial charge on any atom is 0.243 e. The monoisotopic (exact) mass is 553 g/mol. The Labute approximate surface area is 230 Å². The average Bonchev–Trinajstić information content (AvgIpc) is 2.90. The third-order valence-electron chi connectivity index (χ3n) is 6.49. The predicted molar refractivity (Wildman–Crippen MR) is 152 cm³/mol. The van der Waals surface area contributed by atoms with Crippen molar-refractivity contribution in [2.24, 2.45) is 0 Å². The Morgan fingerprint density at radius 3 is 2.21 bits per heavy atom. The molecule has 0 aliphatic rings. The molecule has 1 atom stereocenters. The lowest BCUT2D eigenvalue weighted by atomic mass is 10.0. The van der Waals surface area contributed by atoms with E-state index in [1.165, 1.54) is 24.3 Å². The van der Waals surface area contributed by atoms with Crippen LogP contribution in [0.25, 0.3) is 0 Å². The second-order valence-corrected chi connectivity index (χ2v) is 11.4. The first-order valence-electron chi connectivity index (χ1n) is 13.0. The second-order valence-electron chi connectivity index (χ2n) is 9.46. The van der Waals surface area contributed by atoms with Gasteiger partial charge in [0.25, 0.3) is 0 Å². The number of sulfonamides is 1. The molecule has 9 heteroatoms. The van der Waals surface area contributed by atoms with E-state index in [4.69, 9.17) is 0 Å². The van der Waals surface area contributed by atoms with E-state index in [0.717, 1.165) is 27.3 Å². The van der Waals surface area contributed by atoms with Crippen molar-refractivity contribution in [1.29, 1.82) is 0 Å². The number of likely N-dealkylation sites (N-methyl/N-ethyl adjacent to an activating group) is 1. The van der Waals surface area contributed by atoms with Crippen molar-refractivity contribution in [3.63, 3.8) is 0 Å². The lowest BCUT2D eigenvalue weighted by Gasteiger charge is -2.32. The zero-order valence-electron chi connectivity index (χ0n) is 22.6. The normalized spacial score (nSPS) is 12.0. The summed E-state index contributed by atoms with van der Waals surface area (Å²) in [6.45, 7) is 4.51. The second kappa shape index (κ2) is 13.9. The van der Waals surface area contributed by atoms with Gasteiger partial charge >= 0.3 is 0 Å². The number of hydrogen-bond acceptors (Lipinski definition) is 4. The quantitative estimate of drug-likeness (QED) is 0.339. The van der Waals surface area contributed by atoms with E-state index in [-0.39, 0.29) is 37.7 Å². The molecule has 3 rings (SSSR count). The van der Waals surface area contributed by atoms with Crippen LogP contribution in [0, 0.1) is 12.7 Å². The maximum absolute atomic E-state index is 13.7. The highest BCUT2D eigenvalue weighted by molar-refractivity contribution is 7.92. The summed E-state index contributed by atoms with van der Waals surface area (Å²) in [6.07, 6.45) is 1.67. The largest absolute Gasteiger partial charge is 0.355 e. The molecule has 0 fully saturated rings. The Balaban J connectivity index is 1.86. The first kappa shape index (κ1) is 29.8.